The van der Waals surface area contributed by atoms with Crippen molar-refractivity contribution in [1.82, 2.24) is 0 Å². The van der Waals surface area contributed by atoms with E-state index in [-0.39, 0.29) is 11.5 Å². The van der Waals surface area contributed by atoms with Crippen LogP contribution in [0.1, 0.15) is 34.6 Å². The Hall–Kier alpha value is 0.210. The lowest BCUT2D eigenvalue weighted by Gasteiger charge is -2.30. The van der Waals surface area contributed by atoms with E-state index in [1.165, 1.54) is 0 Å². The molecule has 0 aliphatic rings. The van der Waals surface area contributed by atoms with Gasteiger partial charge in [-0.15, -0.1) is 11.6 Å². The molecule has 1 unspecified atom stereocenters. The van der Waals surface area contributed by atoms with Crippen LogP contribution >= 0.6 is 11.6 Å². The van der Waals surface area contributed by atoms with Crippen molar-refractivity contribution in [2.45, 2.75) is 45.8 Å². The summed E-state index contributed by atoms with van der Waals surface area (Å²) in [6.45, 7) is 9.97. The fourth-order valence-electron chi connectivity index (χ4n) is 0.788. The molecule has 0 saturated carbocycles. The summed E-state index contributed by atoms with van der Waals surface area (Å²) in [6, 6.07) is 0. The molecule has 80 valence electrons. The zero-order valence-corrected chi connectivity index (χ0v) is 9.98. The van der Waals surface area contributed by atoms with E-state index in [9.17, 15) is 5.11 Å². The molecule has 0 spiro atoms. The fourth-order valence-corrected chi connectivity index (χ4v) is 1.25. The summed E-state index contributed by atoms with van der Waals surface area (Å²) in [7, 11) is 0. The van der Waals surface area contributed by atoms with E-state index in [4.69, 9.17) is 16.3 Å². The van der Waals surface area contributed by atoms with Crippen molar-refractivity contribution in [3.63, 3.8) is 0 Å². The molecular weight excluding hydrogens is 188 g/mol. The van der Waals surface area contributed by atoms with Crippen LogP contribution in [-0.2, 0) is 4.74 Å². The maximum Gasteiger partial charge on any atom is 0.0653 e. The van der Waals surface area contributed by atoms with Crippen LogP contribution in [0.2, 0.25) is 0 Å². The molecule has 0 amide bonds. The highest BCUT2D eigenvalue weighted by Crippen LogP contribution is 2.20. The van der Waals surface area contributed by atoms with Gasteiger partial charge in [-0.1, -0.05) is 0 Å². The van der Waals surface area contributed by atoms with Crippen LogP contribution in [0.15, 0.2) is 0 Å². The highest BCUT2D eigenvalue weighted by atomic mass is 35.5. The second kappa shape index (κ2) is 4.63. The first-order chi connectivity index (χ1) is 5.67. The summed E-state index contributed by atoms with van der Waals surface area (Å²) < 4.78 is 5.56. The Bertz CT molecular complexity index is 144. The van der Waals surface area contributed by atoms with Gasteiger partial charge in [0, 0.05) is 11.8 Å². The monoisotopic (exact) mass is 208 g/mol. The number of rotatable bonds is 4. The fraction of sp³-hybridized carbons (Fsp3) is 1.00. The zero-order valence-electron chi connectivity index (χ0n) is 9.22. The maximum absolute atomic E-state index is 9.71. The number of hydrogen-bond acceptors (Lipinski definition) is 2. The molecule has 0 heterocycles. The molecule has 13 heavy (non-hydrogen) atoms. The normalized spacial score (nSPS) is 15.9. The molecule has 0 bridgehead atoms. The summed E-state index contributed by atoms with van der Waals surface area (Å²) in [5.74, 6) is 0.396. The van der Waals surface area contributed by atoms with Crippen LogP contribution in [0.5, 0.6) is 0 Å². The quantitative estimate of drug-likeness (QED) is 0.720. The van der Waals surface area contributed by atoms with Crippen LogP contribution in [0.25, 0.3) is 0 Å². The highest BCUT2D eigenvalue weighted by Gasteiger charge is 2.27. The molecule has 3 heteroatoms. The minimum atomic E-state index is -0.771. The van der Waals surface area contributed by atoms with Crippen molar-refractivity contribution in [2.24, 2.45) is 5.92 Å². The zero-order chi connectivity index (χ0) is 10.7. The van der Waals surface area contributed by atoms with Gasteiger partial charge < -0.3 is 9.84 Å². The minimum Gasteiger partial charge on any atom is -0.390 e. The summed E-state index contributed by atoms with van der Waals surface area (Å²) in [4.78, 5) is 0. The number of ether oxygens (including phenoxy) is 1. The smallest absolute Gasteiger partial charge is 0.0653 e. The third-order valence-electron chi connectivity index (χ3n) is 1.90. The first-order valence-corrected chi connectivity index (χ1v) is 5.12. The molecule has 0 fully saturated rings. The van der Waals surface area contributed by atoms with Gasteiger partial charge in [0.15, 0.2) is 0 Å². The van der Waals surface area contributed by atoms with E-state index in [1.807, 2.05) is 20.8 Å². The summed E-state index contributed by atoms with van der Waals surface area (Å²) in [5, 5.41) is 9.71. The van der Waals surface area contributed by atoms with Crippen molar-refractivity contribution in [3.05, 3.63) is 0 Å². The lowest BCUT2D eigenvalue weighted by atomic mass is 9.93. The molecule has 0 aromatic rings. The molecule has 0 saturated heterocycles. The third kappa shape index (κ3) is 6.30. The van der Waals surface area contributed by atoms with Crippen LogP contribution < -0.4 is 0 Å². The van der Waals surface area contributed by atoms with Gasteiger partial charge in [0.1, 0.15) is 0 Å². The molecule has 0 rings (SSSR count). The highest BCUT2D eigenvalue weighted by molar-refractivity contribution is 6.18. The standard InChI is InChI=1S/C10H21ClO2/c1-9(2,3)13-7-8(6-11)10(4,5)12/h8,12H,6-7H2,1-5H3. The lowest BCUT2D eigenvalue weighted by molar-refractivity contribution is -0.0680. The molecule has 2 nitrogen and oxygen atoms in total. The van der Waals surface area contributed by atoms with Crippen molar-refractivity contribution < 1.29 is 9.84 Å². The molecule has 0 aliphatic heterocycles. The van der Waals surface area contributed by atoms with Crippen LogP contribution in [0.4, 0.5) is 0 Å². The summed E-state index contributed by atoms with van der Waals surface area (Å²) in [5.41, 5.74) is -0.942. The van der Waals surface area contributed by atoms with Crippen molar-refractivity contribution in [2.75, 3.05) is 12.5 Å². The van der Waals surface area contributed by atoms with E-state index in [0.29, 0.717) is 12.5 Å². The Labute approximate surface area is 86.2 Å². The van der Waals surface area contributed by atoms with Gasteiger partial charge in [0.2, 0.25) is 0 Å². The molecule has 0 radical (unpaired) electrons. The van der Waals surface area contributed by atoms with Gasteiger partial charge in [-0.2, -0.15) is 0 Å². The number of hydrogen-bond donors (Lipinski definition) is 1. The predicted octanol–water partition coefficient (Wildman–Crippen LogP) is 2.43. The van der Waals surface area contributed by atoms with Crippen LogP contribution in [-0.4, -0.2) is 28.8 Å². The first-order valence-electron chi connectivity index (χ1n) is 4.59. The van der Waals surface area contributed by atoms with Gasteiger partial charge in [0.25, 0.3) is 0 Å². The topological polar surface area (TPSA) is 29.5 Å². The molecule has 0 aromatic heterocycles. The van der Waals surface area contributed by atoms with E-state index in [2.05, 4.69) is 0 Å². The van der Waals surface area contributed by atoms with Crippen LogP contribution in [0, 0.1) is 5.92 Å². The van der Waals surface area contributed by atoms with Gasteiger partial charge in [-0.3, -0.25) is 0 Å². The minimum absolute atomic E-state index is 0.0200. The van der Waals surface area contributed by atoms with Gasteiger partial charge >= 0.3 is 0 Å². The molecule has 0 aromatic carbocycles. The van der Waals surface area contributed by atoms with Crippen molar-refractivity contribution in [3.8, 4) is 0 Å². The van der Waals surface area contributed by atoms with Gasteiger partial charge in [-0.25, -0.2) is 0 Å². The van der Waals surface area contributed by atoms with E-state index in [0.717, 1.165) is 0 Å². The SMILES string of the molecule is CC(C)(C)OCC(CCl)C(C)(C)O. The maximum atomic E-state index is 9.71. The Balaban J connectivity index is 4.02. The number of aliphatic hydroxyl groups is 1. The number of alkyl halides is 1. The Morgan fingerprint density at radius 2 is 1.69 bits per heavy atom. The van der Waals surface area contributed by atoms with Crippen LogP contribution in [0.3, 0.4) is 0 Å². The van der Waals surface area contributed by atoms with E-state index >= 15 is 0 Å². The molecular formula is C10H21ClO2. The largest absolute Gasteiger partial charge is 0.390 e. The summed E-state index contributed by atoms with van der Waals surface area (Å²) in [6.07, 6.45) is 0. The second-order valence-electron chi connectivity index (χ2n) is 4.93. The lowest BCUT2D eigenvalue weighted by Crippen LogP contribution is -2.37. The average molecular weight is 209 g/mol. The molecule has 0 aliphatic carbocycles. The second-order valence-corrected chi connectivity index (χ2v) is 5.24. The number of halogens is 1. The summed E-state index contributed by atoms with van der Waals surface area (Å²) >= 11 is 5.74. The first kappa shape index (κ1) is 13.2. The average Bonchev–Trinajstić information content (AvgIpc) is 1.82. The third-order valence-corrected chi connectivity index (χ3v) is 2.28. The Kier molecular flexibility index (Phi) is 4.70. The van der Waals surface area contributed by atoms with E-state index in [1.54, 1.807) is 13.8 Å². The Morgan fingerprint density at radius 3 is 1.92 bits per heavy atom. The van der Waals surface area contributed by atoms with E-state index < -0.39 is 5.60 Å². The van der Waals surface area contributed by atoms with Gasteiger partial charge in [-0.05, 0) is 34.6 Å². The molecule has 1 atom stereocenters. The van der Waals surface area contributed by atoms with Gasteiger partial charge in [0.05, 0.1) is 17.8 Å². The van der Waals surface area contributed by atoms with Crippen molar-refractivity contribution >= 4 is 11.6 Å². The molecule has 1 N–H and O–H groups in total. The predicted molar refractivity (Wildman–Crippen MR) is 56.2 cm³/mol. The Morgan fingerprint density at radius 1 is 1.23 bits per heavy atom. The van der Waals surface area contributed by atoms with Crippen molar-refractivity contribution in [1.29, 1.82) is 0 Å².